The summed E-state index contributed by atoms with van der Waals surface area (Å²) in [5.74, 6) is -0.224. The molecule has 1 atom stereocenters. The molecule has 0 saturated carbocycles. The quantitative estimate of drug-likeness (QED) is 0.621. The van der Waals surface area contributed by atoms with Gasteiger partial charge in [-0.15, -0.1) is 0 Å². The topological polar surface area (TPSA) is 61.4 Å². The third kappa shape index (κ3) is 6.44. The first-order chi connectivity index (χ1) is 16.5. The molecular weight excluding hydrogens is 429 g/mol. The highest BCUT2D eigenvalue weighted by molar-refractivity contribution is 5.79. The Morgan fingerprint density at radius 2 is 1.79 bits per heavy atom. The lowest BCUT2D eigenvalue weighted by molar-refractivity contribution is -0.126. The average Bonchev–Trinajstić information content (AvgIpc) is 2.85. The zero-order valence-electron chi connectivity index (χ0n) is 20.1. The number of amides is 2. The van der Waals surface area contributed by atoms with Crippen molar-refractivity contribution in [3.05, 3.63) is 70.5 Å². The SMILES string of the molecule is C[C@@H](NC(=O)CN1CCC(C(=O)NCCc2ccccc2F)CC1)c1ccc2c(c1)CCCC2. The van der Waals surface area contributed by atoms with Gasteiger partial charge in [-0.25, -0.2) is 4.39 Å². The number of piperidine rings is 1. The van der Waals surface area contributed by atoms with Crippen LogP contribution < -0.4 is 10.6 Å². The molecule has 182 valence electrons. The third-order valence-corrected chi connectivity index (χ3v) is 7.23. The number of rotatable bonds is 8. The van der Waals surface area contributed by atoms with Crippen LogP contribution in [0.2, 0.25) is 0 Å². The van der Waals surface area contributed by atoms with Crippen LogP contribution in [0, 0.1) is 11.7 Å². The van der Waals surface area contributed by atoms with Crippen LogP contribution in [0.25, 0.3) is 0 Å². The van der Waals surface area contributed by atoms with Gasteiger partial charge >= 0.3 is 0 Å². The molecule has 1 heterocycles. The lowest BCUT2D eigenvalue weighted by Crippen LogP contribution is -2.45. The van der Waals surface area contributed by atoms with Crippen molar-refractivity contribution in [1.29, 1.82) is 0 Å². The molecule has 0 spiro atoms. The van der Waals surface area contributed by atoms with E-state index in [4.69, 9.17) is 0 Å². The van der Waals surface area contributed by atoms with E-state index in [1.165, 1.54) is 35.6 Å². The molecule has 4 rings (SSSR count). The summed E-state index contributed by atoms with van der Waals surface area (Å²) in [6.45, 7) is 4.29. The maximum atomic E-state index is 13.7. The molecule has 2 amide bonds. The number of hydrogen-bond acceptors (Lipinski definition) is 3. The highest BCUT2D eigenvalue weighted by Crippen LogP contribution is 2.25. The second-order valence-corrected chi connectivity index (χ2v) is 9.71. The summed E-state index contributed by atoms with van der Waals surface area (Å²) >= 11 is 0. The molecule has 0 radical (unpaired) electrons. The van der Waals surface area contributed by atoms with Crippen molar-refractivity contribution in [2.75, 3.05) is 26.2 Å². The minimum Gasteiger partial charge on any atom is -0.356 e. The molecule has 1 fully saturated rings. The largest absolute Gasteiger partial charge is 0.356 e. The molecule has 2 aromatic rings. The van der Waals surface area contributed by atoms with Crippen LogP contribution in [0.15, 0.2) is 42.5 Å². The van der Waals surface area contributed by atoms with E-state index >= 15 is 0 Å². The molecule has 34 heavy (non-hydrogen) atoms. The summed E-state index contributed by atoms with van der Waals surface area (Å²) in [6.07, 6.45) is 6.77. The van der Waals surface area contributed by atoms with Crippen LogP contribution in [0.5, 0.6) is 0 Å². The van der Waals surface area contributed by atoms with Crippen LogP contribution in [0.4, 0.5) is 4.39 Å². The Labute approximate surface area is 202 Å². The van der Waals surface area contributed by atoms with E-state index in [1.807, 2.05) is 6.92 Å². The Bertz CT molecular complexity index is 1000. The Morgan fingerprint density at radius 1 is 1.06 bits per heavy atom. The van der Waals surface area contributed by atoms with Crippen LogP contribution in [0.1, 0.15) is 60.9 Å². The number of fused-ring (bicyclic) bond motifs is 1. The first kappa shape index (κ1) is 24.4. The summed E-state index contributed by atoms with van der Waals surface area (Å²) in [7, 11) is 0. The lowest BCUT2D eigenvalue weighted by Gasteiger charge is -2.31. The molecule has 1 aliphatic heterocycles. The molecule has 1 aliphatic carbocycles. The molecule has 5 nitrogen and oxygen atoms in total. The van der Waals surface area contributed by atoms with Gasteiger partial charge in [0.25, 0.3) is 0 Å². The fourth-order valence-corrected chi connectivity index (χ4v) is 5.12. The normalized spacial score (nSPS) is 17.6. The fraction of sp³-hybridized carbons (Fsp3) is 0.500. The number of carbonyl (C=O) groups is 2. The Balaban J connectivity index is 1.17. The van der Waals surface area contributed by atoms with Crippen molar-refractivity contribution in [1.82, 2.24) is 15.5 Å². The zero-order valence-corrected chi connectivity index (χ0v) is 20.1. The molecule has 1 saturated heterocycles. The predicted molar refractivity (Wildman–Crippen MR) is 132 cm³/mol. The number of likely N-dealkylation sites (tertiary alicyclic amines) is 1. The van der Waals surface area contributed by atoms with E-state index in [0.717, 1.165) is 38.8 Å². The van der Waals surface area contributed by atoms with Gasteiger partial charge in [-0.05, 0) is 93.3 Å². The highest BCUT2D eigenvalue weighted by atomic mass is 19.1. The third-order valence-electron chi connectivity index (χ3n) is 7.23. The number of nitrogens with one attached hydrogen (secondary N) is 2. The molecular formula is C28H36FN3O2. The standard InChI is InChI=1S/C28H36FN3O2/c1-20(24-11-10-21-6-2-3-8-25(21)18-24)31-27(33)19-32-16-13-23(14-17-32)28(34)30-15-12-22-7-4-5-9-26(22)29/h4-5,7,9-11,18,20,23H,2-3,6,8,12-17,19H2,1H3,(H,30,34)(H,31,33)/t20-/m1/s1. The number of aryl methyl sites for hydroxylation is 2. The van der Waals surface area contributed by atoms with Gasteiger partial charge in [-0.1, -0.05) is 36.4 Å². The second kappa shape index (κ2) is 11.6. The molecule has 2 N–H and O–H groups in total. The predicted octanol–water partition coefficient (Wildman–Crippen LogP) is 3.95. The van der Waals surface area contributed by atoms with Crippen molar-refractivity contribution in [3.63, 3.8) is 0 Å². The van der Waals surface area contributed by atoms with Gasteiger partial charge in [0.1, 0.15) is 5.82 Å². The summed E-state index contributed by atoms with van der Waals surface area (Å²) in [5, 5.41) is 6.09. The zero-order chi connectivity index (χ0) is 23.9. The maximum Gasteiger partial charge on any atom is 0.234 e. The minimum absolute atomic E-state index is 0.0162. The smallest absolute Gasteiger partial charge is 0.234 e. The van der Waals surface area contributed by atoms with Crippen LogP contribution in [-0.2, 0) is 28.9 Å². The number of hydrogen-bond donors (Lipinski definition) is 2. The first-order valence-electron chi connectivity index (χ1n) is 12.6. The second-order valence-electron chi connectivity index (χ2n) is 9.71. The van der Waals surface area contributed by atoms with E-state index in [9.17, 15) is 14.0 Å². The molecule has 0 unspecified atom stereocenters. The van der Waals surface area contributed by atoms with Crippen molar-refractivity contribution in [2.24, 2.45) is 5.92 Å². The number of halogens is 1. The maximum absolute atomic E-state index is 13.7. The lowest BCUT2D eigenvalue weighted by atomic mass is 9.89. The molecule has 2 aromatic carbocycles. The van der Waals surface area contributed by atoms with Gasteiger partial charge in [0.15, 0.2) is 0 Å². The van der Waals surface area contributed by atoms with Crippen molar-refractivity contribution >= 4 is 11.8 Å². The monoisotopic (exact) mass is 465 g/mol. The van der Waals surface area contributed by atoms with Gasteiger partial charge in [0.2, 0.25) is 11.8 Å². The summed E-state index contributed by atoms with van der Waals surface area (Å²) in [5.41, 5.74) is 4.67. The van der Waals surface area contributed by atoms with E-state index in [1.54, 1.807) is 18.2 Å². The van der Waals surface area contributed by atoms with Gasteiger partial charge < -0.3 is 10.6 Å². The molecule has 0 bridgehead atoms. The van der Waals surface area contributed by atoms with Crippen molar-refractivity contribution in [2.45, 2.75) is 57.9 Å². The van der Waals surface area contributed by atoms with Crippen LogP contribution in [0.3, 0.4) is 0 Å². The molecule has 0 aromatic heterocycles. The first-order valence-corrected chi connectivity index (χ1v) is 12.6. The summed E-state index contributed by atoms with van der Waals surface area (Å²) in [4.78, 5) is 27.3. The van der Waals surface area contributed by atoms with Crippen molar-refractivity contribution in [3.8, 4) is 0 Å². The highest BCUT2D eigenvalue weighted by Gasteiger charge is 2.26. The van der Waals surface area contributed by atoms with Gasteiger partial charge in [-0.2, -0.15) is 0 Å². The van der Waals surface area contributed by atoms with Gasteiger partial charge in [0, 0.05) is 12.5 Å². The van der Waals surface area contributed by atoms with Crippen LogP contribution in [-0.4, -0.2) is 42.9 Å². The van der Waals surface area contributed by atoms with E-state index in [2.05, 4.69) is 33.7 Å². The van der Waals surface area contributed by atoms with E-state index in [-0.39, 0.29) is 29.6 Å². The number of nitrogens with zero attached hydrogens (tertiary/aromatic N) is 1. The summed E-state index contributed by atoms with van der Waals surface area (Å²) < 4.78 is 13.7. The minimum atomic E-state index is -0.232. The van der Waals surface area contributed by atoms with Crippen molar-refractivity contribution < 1.29 is 14.0 Å². The van der Waals surface area contributed by atoms with E-state index < -0.39 is 0 Å². The Hall–Kier alpha value is -2.73. The number of carbonyl (C=O) groups excluding carboxylic acids is 2. The fourth-order valence-electron chi connectivity index (χ4n) is 5.12. The van der Waals surface area contributed by atoms with Crippen LogP contribution >= 0.6 is 0 Å². The molecule has 2 aliphatic rings. The van der Waals surface area contributed by atoms with Gasteiger partial charge in [-0.3, -0.25) is 14.5 Å². The number of benzene rings is 2. The van der Waals surface area contributed by atoms with Gasteiger partial charge in [0.05, 0.1) is 12.6 Å². The Morgan fingerprint density at radius 3 is 2.56 bits per heavy atom. The molecule has 6 heteroatoms. The van der Waals surface area contributed by atoms with E-state index in [0.29, 0.717) is 25.1 Å². The summed E-state index contributed by atoms with van der Waals surface area (Å²) in [6, 6.07) is 13.3. The Kier molecular flexibility index (Phi) is 8.33. The average molecular weight is 466 g/mol.